The predicted molar refractivity (Wildman–Crippen MR) is 99.0 cm³/mol. The highest BCUT2D eigenvalue weighted by molar-refractivity contribution is 9.10. The van der Waals surface area contributed by atoms with Gasteiger partial charge in [-0.3, -0.25) is 4.79 Å². The maximum Gasteiger partial charge on any atom is 0.309 e. The fourth-order valence-corrected chi connectivity index (χ4v) is 3.51. The van der Waals surface area contributed by atoms with Crippen LogP contribution in [0.1, 0.15) is 11.1 Å². The molecule has 1 fully saturated rings. The van der Waals surface area contributed by atoms with Gasteiger partial charge in [-0.2, -0.15) is 0 Å². The van der Waals surface area contributed by atoms with Crippen molar-refractivity contribution in [3.05, 3.63) is 58.1 Å². The van der Waals surface area contributed by atoms with E-state index in [1.807, 2.05) is 42.5 Å². The fourth-order valence-electron chi connectivity index (χ4n) is 3.24. The molecule has 1 aliphatic heterocycles. The Hall–Kier alpha value is -2.01. The molecule has 4 nitrogen and oxygen atoms in total. The molecule has 2 aromatic carbocycles. The van der Waals surface area contributed by atoms with Crippen LogP contribution < -0.4 is 9.47 Å². The summed E-state index contributed by atoms with van der Waals surface area (Å²) in [5, 5.41) is 0. The molecule has 132 valence electrons. The average molecular weight is 405 g/mol. The van der Waals surface area contributed by atoms with E-state index in [1.54, 1.807) is 14.2 Å². The SMILES string of the molecule is COc1ccc(C[C@H]2COC(=O)[C@@H]2Cc2ccc(Br)cc2)cc1OC. The monoisotopic (exact) mass is 404 g/mol. The van der Waals surface area contributed by atoms with Gasteiger partial charge in [0.25, 0.3) is 0 Å². The van der Waals surface area contributed by atoms with Crippen molar-refractivity contribution >= 4 is 21.9 Å². The molecule has 0 bridgehead atoms. The van der Waals surface area contributed by atoms with Gasteiger partial charge in [0.15, 0.2) is 11.5 Å². The molecule has 2 aromatic rings. The van der Waals surface area contributed by atoms with Gasteiger partial charge >= 0.3 is 5.97 Å². The zero-order chi connectivity index (χ0) is 17.8. The molecule has 5 heteroatoms. The van der Waals surface area contributed by atoms with Gasteiger partial charge in [-0.15, -0.1) is 0 Å². The minimum atomic E-state index is -0.116. The third-order valence-corrected chi connectivity index (χ3v) is 5.15. The van der Waals surface area contributed by atoms with Gasteiger partial charge in [-0.05, 0) is 48.2 Å². The third-order valence-electron chi connectivity index (χ3n) is 4.63. The standard InChI is InChI=1S/C20H21BrO4/c1-23-18-8-5-14(11-19(18)24-2)9-15-12-25-20(22)17(15)10-13-3-6-16(21)7-4-13/h3-8,11,15,17H,9-10,12H2,1-2H3/t15-,17+/m0/s1. The first kappa shape index (κ1) is 17.8. The second kappa shape index (κ2) is 7.91. The van der Waals surface area contributed by atoms with Crippen LogP contribution in [0.5, 0.6) is 11.5 Å². The van der Waals surface area contributed by atoms with Gasteiger partial charge in [0, 0.05) is 10.4 Å². The van der Waals surface area contributed by atoms with E-state index >= 15 is 0 Å². The smallest absolute Gasteiger partial charge is 0.309 e. The number of carbonyl (C=O) groups is 1. The van der Waals surface area contributed by atoms with Crippen molar-refractivity contribution in [1.82, 2.24) is 0 Å². The largest absolute Gasteiger partial charge is 0.493 e. The van der Waals surface area contributed by atoms with Crippen molar-refractivity contribution in [2.24, 2.45) is 11.8 Å². The van der Waals surface area contributed by atoms with Crippen LogP contribution in [0.3, 0.4) is 0 Å². The van der Waals surface area contributed by atoms with E-state index in [1.165, 1.54) is 0 Å². The first-order valence-corrected chi connectivity index (χ1v) is 9.02. The number of cyclic esters (lactones) is 1. The summed E-state index contributed by atoms with van der Waals surface area (Å²) in [7, 11) is 3.25. The van der Waals surface area contributed by atoms with Crippen LogP contribution in [0.25, 0.3) is 0 Å². The molecule has 1 saturated heterocycles. The van der Waals surface area contributed by atoms with Gasteiger partial charge in [-0.1, -0.05) is 34.1 Å². The van der Waals surface area contributed by atoms with Gasteiger partial charge < -0.3 is 14.2 Å². The maximum atomic E-state index is 12.2. The van der Waals surface area contributed by atoms with E-state index < -0.39 is 0 Å². The van der Waals surface area contributed by atoms with Crippen LogP contribution in [-0.2, 0) is 22.4 Å². The number of methoxy groups -OCH3 is 2. The number of benzene rings is 2. The van der Waals surface area contributed by atoms with Crippen molar-refractivity contribution in [2.45, 2.75) is 12.8 Å². The van der Waals surface area contributed by atoms with Crippen LogP contribution in [0.2, 0.25) is 0 Å². The zero-order valence-corrected chi connectivity index (χ0v) is 15.9. The summed E-state index contributed by atoms with van der Waals surface area (Å²) in [6, 6.07) is 14.0. The molecule has 2 atom stereocenters. The van der Waals surface area contributed by atoms with Crippen molar-refractivity contribution in [3.8, 4) is 11.5 Å². The number of esters is 1. The van der Waals surface area contributed by atoms with Crippen molar-refractivity contribution in [3.63, 3.8) is 0 Å². The highest BCUT2D eigenvalue weighted by Crippen LogP contribution is 2.33. The molecular formula is C20H21BrO4. The van der Waals surface area contributed by atoms with Crippen LogP contribution in [0, 0.1) is 11.8 Å². The topological polar surface area (TPSA) is 44.8 Å². The normalized spacial score (nSPS) is 19.6. The lowest BCUT2D eigenvalue weighted by molar-refractivity contribution is -0.141. The predicted octanol–water partition coefficient (Wildman–Crippen LogP) is 4.04. The molecule has 25 heavy (non-hydrogen) atoms. The molecule has 0 amide bonds. The van der Waals surface area contributed by atoms with Crippen LogP contribution >= 0.6 is 15.9 Å². The number of halogens is 1. The maximum absolute atomic E-state index is 12.2. The van der Waals surface area contributed by atoms with E-state index in [2.05, 4.69) is 15.9 Å². The molecule has 0 radical (unpaired) electrons. The molecule has 3 rings (SSSR count). The Labute approximate surface area is 156 Å². The minimum absolute atomic E-state index is 0.103. The summed E-state index contributed by atoms with van der Waals surface area (Å²) >= 11 is 3.44. The molecule has 0 unspecified atom stereocenters. The second-order valence-corrected chi connectivity index (χ2v) is 7.14. The molecule has 1 heterocycles. The van der Waals surface area contributed by atoms with Gasteiger partial charge in [0.05, 0.1) is 26.7 Å². The molecule has 1 aliphatic rings. The van der Waals surface area contributed by atoms with Crippen molar-refractivity contribution < 1.29 is 19.0 Å². The number of rotatable bonds is 6. The van der Waals surface area contributed by atoms with Gasteiger partial charge in [-0.25, -0.2) is 0 Å². The first-order chi connectivity index (χ1) is 12.1. The number of carbonyl (C=O) groups excluding carboxylic acids is 1. The molecule has 0 saturated carbocycles. The fraction of sp³-hybridized carbons (Fsp3) is 0.350. The van der Waals surface area contributed by atoms with E-state index in [0.29, 0.717) is 24.5 Å². The molecule has 0 spiro atoms. The summed E-state index contributed by atoms with van der Waals surface area (Å²) in [5.41, 5.74) is 2.26. The molecule has 0 N–H and O–H groups in total. The van der Waals surface area contributed by atoms with E-state index in [-0.39, 0.29) is 17.8 Å². The lowest BCUT2D eigenvalue weighted by Gasteiger charge is -2.16. The molecule has 0 aliphatic carbocycles. The Morgan fingerprint density at radius 3 is 2.36 bits per heavy atom. The quantitative estimate of drug-likeness (QED) is 0.681. The highest BCUT2D eigenvalue weighted by atomic mass is 79.9. The number of ether oxygens (including phenoxy) is 3. The first-order valence-electron chi connectivity index (χ1n) is 8.22. The van der Waals surface area contributed by atoms with Crippen LogP contribution in [0.15, 0.2) is 46.9 Å². The second-order valence-electron chi connectivity index (χ2n) is 6.22. The summed E-state index contributed by atoms with van der Waals surface area (Å²) in [6.07, 6.45) is 1.47. The van der Waals surface area contributed by atoms with Crippen LogP contribution in [0.4, 0.5) is 0 Å². The lowest BCUT2D eigenvalue weighted by Crippen LogP contribution is -2.20. The lowest BCUT2D eigenvalue weighted by atomic mass is 9.85. The minimum Gasteiger partial charge on any atom is -0.493 e. The number of hydrogen-bond acceptors (Lipinski definition) is 4. The van der Waals surface area contributed by atoms with E-state index in [0.717, 1.165) is 22.0 Å². The zero-order valence-electron chi connectivity index (χ0n) is 14.3. The third kappa shape index (κ3) is 4.15. The summed E-state index contributed by atoms with van der Waals surface area (Å²) in [6.45, 7) is 0.467. The Balaban J connectivity index is 1.74. The Kier molecular flexibility index (Phi) is 5.63. The average Bonchev–Trinajstić information content (AvgIpc) is 2.96. The Morgan fingerprint density at radius 1 is 1.00 bits per heavy atom. The van der Waals surface area contributed by atoms with Gasteiger partial charge in [0.2, 0.25) is 0 Å². The van der Waals surface area contributed by atoms with E-state index in [4.69, 9.17) is 14.2 Å². The summed E-state index contributed by atoms with van der Waals surface area (Å²) in [5.74, 6) is 1.35. The summed E-state index contributed by atoms with van der Waals surface area (Å²) in [4.78, 5) is 12.2. The molecular weight excluding hydrogens is 384 g/mol. The number of hydrogen-bond donors (Lipinski definition) is 0. The highest BCUT2D eigenvalue weighted by Gasteiger charge is 2.36. The Morgan fingerprint density at radius 2 is 1.68 bits per heavy atom. The van der Waals surface area contributed by atoms with E-state index in [9.17, 15) is 4.79 Å². The van der Waals surface area contributed by atoms with Crippen molar-refractivity contribution in [1.29, 1.82) is 0 Å². The summed E-state index contributed by atoms with van der Waals surface area (Å²) < 4.78 is 17.0. The van der Waals surface area contributed by atoms with Gasteiger partial charge in [0.1, 0.15) is 0 Å². The van der Waals surface area contributed by atoms with Crippen LogP contribution in [-0.4, -0.2) is 26.8 Å². The van der Waals surface area contributed by atoms with Crippen molar-refractivity contribution in [2.75, 3.05) is 20.8 Å². The molecule has 0 aromatic heterocycles. The Bertz CT molecular complexity index is 742.